The summed E-state index contributed by atoms with van der Waals surface area (Å²) in [7, 11) is -0.338. The fraction of sp³-hybridized carbons (Fsp3) is 0.435. The normalized spacial score (nSPS) is 14.3. The van der Waals surface area contributed by atoms with Gasteiger partial charge in [-0.1, -0.05) is 18.2 Å². The standard InChI is InChI=1S/C23H31N3O4S/c1-17(2)25(3)31(28,29)21-13-9-19(10-14-21)24-23(27)16-26(20-11-12-20)15-18-7-5-6-8-22(18)30-4/h5-10,13-14,17,20H,11-12,15-16H2,1-4H3,(H,24,27). The summed E-state index contributed by atoms with van der Waals surface area (Å²) in [4.78, 5) is 15.0. The number of hydrogen-bond acceptors (Lipinski definition) is 5. The predicted molar refractivity (Wildman–Crippen MR) is 122 cm³/mol. The quantitative estimate of drug-likeness (QED) is 0.607. The largest absolute Gasteiger partial charge is 0.496 e. The lowest BCUT2D eigenvalue weighted by molar-refractivity contribution is -0.117. The van der Waals surface area contributed by atoms with Gasteiger partial charge in [0.1, 0.15) is 5.75 Å². The number of carbonyl (C=O) groups excluding carboxylic acids is 1. The Morgan fingerprint density at radius 2 is 1.77 bits per heavy atom. The summed E-state index contributed by atoms with van der Waals surface area (Å²) in [6.07, 6.45) is 2.16. The third-order valence-corrected chi connectivity index (χ3v) is 7.57. The Bertz CT molecular complexity index is 1000. The van der Waals surface area contributed by atoms with Gasteiger partial charge in [-0.15, -0.1) is 0 Å². The topological polar surface area (TPSA) is 79.0 Å². The van der Waals surface area contributed by atoms with Crippen LogP contribution in [0.25, 0.3) is 0 Å². The van der Waals surface area contributed by atoms with Crippen LogP contribution in [0.5, 0.6) is 5.75 Å². The molecule has 7 nitrogen and oxygen atoms in total. The van der Waals surface area contributed by atoms with Gasteiger partial charge in [0.15, 0.2) is 0 Å². The van der Waals surface area contributed by atoms with E-state index in [-0.39, 0.29) is 23.4 Å². The third-order valence-electron chi connectivity index (χ3n) is 5.52. The average molecular weight is 446 g/mol. The predicted octanol–water partition coefficient (Wildman–Crippen LogP) is 3.33. The van der Waals surface area contributed by atoms with E-state index in [4.69, 9.17) is 4.74 Å². The lowest BCUT2D eigenvalue weighted by Gasteiger charge is -2.23. The molecule has 0 bridgehead atoms. The maximum Gasteiger partial charge on any atom is 0.243 e. The summed E-state index contributed by atoms with van der Waals surface area (Å²) in [5.74, 6) is 0.688. The Morgan fingerprint density at radius 1 is 1.13 bits per heavy atom. The van der Waals surface area contributed by atoms with Crippen molar-refractivity contribution in [3.05, 3.63) is 54.1 Å². The smallest absolute Gasteiger partial charge is 0.243 e. The van der Waals surface area contributed by atoms with E-state index in [1.54, 1.807) is 26.3 Å². The number of amides is 1. The van der Waals surface area contributed by atoms with E-state index in [2.05, 4.69) is 10.2 Å². The van der Waals surface area contributed by atoms with Gasteiger partial charge in [0.05, 0.1) is 18.6 Å². The van der Waals surface area contributed by atoms with Crippen molar-refractivity contribution in [1.82, 2.24) is 9.21 Å². The number of ether oxygens (including phenoxy) is 1. The van der Waals surface area contributed by atoms with Gasteiger partial charge in [-0.25, -0.2) is 8.42 Å². The van der Waals surface area contributed by atoms with Crippen LogP contribution in [0.15, 0.2) is 53.4 Å². The number of para-hydroxylation sites is 1. The number of carbonyl (C=O) groups is 1. The second-order valence-electron chi connectivity index (χ2n) is 8.14. The maximum absolute atomic E-state index is 12.7. The molecule has 1 amide bonds. The van der Waals surface area contributed by atoms with Crippen LogP contribution in [-0.2, 0) is 21.4 Å². The zero-order valence-electron chi connectivity index (χ0n) is 18.5. The second-order valence-corrected chi connectivity index (χ2v) is 10.1. The molecule has 0 aliphatic heterocycles. The number of hydrogen-bond donors (Lipinski definition) is 1. The molecule has 2 aromatic carbocycles. The van der Waals surface area contributed by atoms with Crippen molar-refractivity contribution in [1.29, 1.82) is 0 Å². The first kappa shape index (κ1) is 23.2. The van der Waals surface area contributed by atoms with Crippen LogP contribution >= 0.6 is 0 Å². The fourth-order valence-corrected chi connectivity index (χ4v) is 4.71. The zero-order chi connectivity index (χ0) is 22.6. The van der Waals surface area contributed by atoms with Crippen LogP contribution in [0.3, 0.4) is 0 Å². The second kappa shape index (κ2) is 9.80. The number of rotatable bonds is 10. The van der Waals surface area contributed by atoms with Gasteiger partial charge >= 0.3 is 0 Å². The van der Waals surface area contributed by atoms with Crippen LogP contribution in [-0.4, -0.2) is 56.3 Å². The number of nitrogens with one attached hydrogen (secondary N) is 1. The molecule has 1 fully saturated rings. The van der Waals surface area contributed by atoms with Crippen molar-refractivity contribution in [3.63, 3.8) is 0 Å². The van der Waals surface area contributed by atoms with Crippen LogP contribution in [0.1, 0.15) is 32.3 Å². The third kappa shape index (κ3) is 5.84. The van der Waals surface area contributed by atoms with Crippen LogP contribution in [0.2, 0.25) is 0 Å². The molecule has 1 N–H and O–H groups in total. The summed E-state index contributed by atoms with van der Waals surface area (Å²) in [5.41, 5.74) is 1.62. The lowest BCUT2D eigenvalue weighted by Crippen LogP contribution is -2.34. The first-order chi connectivity index (χ1) is 14.7. The summed E-state index contributed by atoms with van der Waals surface area (Å²) in [6, 6.07) is 14.4. The summed E-state index contributed by atoms with van der Waals surface area (Å²) in [6.45, 7) is 4.55. The molecule has 0 aromatic heterocycles. The highest BCUT2D eigenvalue weighted by atomic mass is 32.2. The fourth-order valence-electron chi connectivity index (χ4n) is 3.35. The van der Waals surface area contributed by atoms with Gasteiger partial charge in [-0.3, -0.25) is 9.69 Å². The van der Waals surface area contributed by atoms with Crippen molar-refractivity contribution in [2.45, 2.75) is 50.2 Å². The number of nitrogens with zero attached hydrogens (tertiary/aromatic N) is 2. The minimum atomic E-state index is -3.55. The van der Waals surface area contributed by atoms with E-state index in [0.29, 0.717) is 18.3 Å². The SMILES string of the molecule is COc1ccccc1CN(CC(=O)Nc1ccc(S(=O)(=O)N(C)C(C)C)cc1)C1CC1. The van der Waals surface area contributed by atoms with Crippen LogP contribution in [0.4, 0.5) is 5.69 Å². The molecule has 1 aliphatic rings. The Balaban J connectivity index is 1.64. The van der Waals surface area contributed by atoms with E-state index < -0.39 is 10.0 Å². The Labute approximate surface area is 185 Å². The van der Waals surface area contributed by atoms with Crippen molar-refractivity contribution >= 4 is 21.6 Å². The summed E-state index contributed by atoms with van der Waals surface area (Å²) >= 11 is 0. The van der Waals surface area contributed by atoms with Crippen molar-refractivity contribution in [2.75, 3.05) is 26.0 Å². The number of benzene rings is 2. The molecule has 0 saturated heterocycles. The molecule has 0 atom stereocenters. The Kier molecular flexibility index (Phi) is 7.35. The molecule has 1 aliphatic carbocycles. The molecule has 2 aromatic rings. The molecular formula is C23H31N3O4S. The molecule has 0 spiro atoms. The van der Waals surface area contributed by atoms with Gasteiger partial charge in [0, 0.05) is 36.9 Å². The van der Waals surface area contributed by atoms with E-state index in [1.165, 1.54) is 16.4 Å². The molecule has 168 valence electrons. The van der Waals surface area contributed by atoms with Crippen molar-refractivity contribution < 1.29 is 17.9 Å². The highest BCUT2D eigenvalue weighted by Gasteiger charge is 2.31. The summed E-state index contributed by atoms with van der Waals surface area (Å²) < 4.78 is 31.9. The highest BCUT2D eigenvalue weighted by molar-refractivity contribution is 7.89. The average Bonchev–Trinajstić information content (AvgIpc) is 3.58. The molecule has 1 saturated carbocycles. The van der Waals surface area contributed by atoms with Gasteiger partial charge in [-0.2, -0.15) is 4.31 Å². The maximum atomic E-state index is 12.7. The van der Waals surface area contributed by atoms with Gasteiger partial charge < -0.3 is 10.1 Å². The van der Waals surface area contributed by atoms with E-state index >= 15 is 0 Å². The van der Waals surface area contributed by atoms with E-state index in [9.17, 15) is 13.2 Å². The molecular weight excluding hydrogens is 414 g/mol. The first-order valence-corrected chi connectivity index (χ1v) is 11.9. The highest BCUT2D eigenvalue weighted by Crippen LogP contribution is 2.30. The number of methoxy groups -OCH3 is 1. The number of anilines is 1. The van der Waals surface area contributed by atoms with E-state index in [1.807, 2.05) is 38.1 Å². The van der Waals surface area contributed by atoms with Gasteiger partial charge in [-0.05, 0) is 57.0 Å². The monoisotopic (exact) mass is 445 g/mol. The lowest BCUT2D eigenvalue weighted by atomic mass is 10.2. The molecule has 8 heteroatoms. The minimum Gasteiger partial charge on any atom is -0.496 e. The molecule has 0 radical (unpaired) electrons. The molecule has 0 unspecified atom stereocenters. The van der Waals surface area contributed by atoms with Crippen molar-refractivity contribution in [3.8, 4) is 5.75 Å². The molecule has 3 rings (SSSR count). The summed E-state index contributed by atoms with van der Waals surface area (Å²) in [5, 5.41) is 2.88. The van der Waals surface area contributed by atoms with Crippen molar-refractivity contribution in [2.24, 2.45) is 0 Å². The van der Waals surface area contributed by atoms with E-state index in [0.717, 1.165) is 24.2 Å². The minimum absolute atomic E-state index is 0.128. The first-order valence-electron chi connectivity index (χ1n) is 10.5. The zero-order valence-corrected chi connectivity index (χ0v) is 19.4. The molecule has 0 heterocycles. The number of sulfonamides is 1. The Morgan fingerprint density at radius 3 is 2.35 bits per heavy atom. The Hall–Kier alpha value is -2.42. The van der Waals surface area contributed by atoms with Crippen LogP contribution < -0.4 is 10.1 Å². The van der Waals surface area contributed by atoms with Gasteiger partial charge in [0.2, 0.25) is 15.9 Å². The molecule has 31 heavy (non-hydrogen) atoms. The van der Waals surface area contributed by atoms with Crippen LogP contribution in [0, 0.1) is 0 Å². The van der Waals surface area contributed by atoms with Gasteiger partial charge in [0.25, 0.3) is 0 Å².